The molecule has 0 aromatic rings. The zero-order valence-corrected chi connectivity index (χ0v) is 11.3. The summed E-state index contributed by atoms with van der Waals surface area (Å²) in [6, 6.07) is 0.755. The summed E-state index contributed by atoms with van der Waals surface area (Å²) in [6.07, 6.45) is 10.4. The van der Waals surface area contributed by atoms with E-state index in [1.54, 1.807) is 0 Å². The van der Waals surface area contributed by atoms with Crippen LogP contribution >= 0.6 is 0 Å². The van der Waals surface area contributed by atoms with Gasteiger partial charge in [-0.05, 0) is 44.6 Å². The van der Waals surface area contributed by atoms with Crippen molar-refractivity contribution in [2.75, 3.05) is 26.3 Å². The van der Waals surface area contributed by atoms with Crippen molar-refractivity contribution in [3.63, 3.8) is 0 Å². The molecule has 2 unspecified atom stereocenters. The monoisotopic (exact) mass is 251 g/mol. The molecule has 2 aliphatic heterocycles. The average molecular weight is 251 g/mol. The summed E-state index contributed by atoms with van der Waals surface area (Å²) in [4.78, 5) is 14.0. The molecule has 0 aromatic carbocycles. The number of carbonyl (C=O) groups excluding carboxylic acids is 1. The Balaban J connectivity index is 1.65. The summed E-state index contributed by atoms with van der Waals surface area (Å²) in [7, 11) is 0. The van der Waals surface area contributed by atoms with E-state index in [1.165, 1.54) is 51.4 Å². The minimum Gasteiger partial charge on any atom is -0.380 e. The van der Waals surface area contributed by atoms with Crippen LogP contribution in [-0.2, 0) is 9.53 Å². The number of hydrogen-bond donors (Lipinski definition) is 0. The molecule has 0 radical (unpaired) electrons. The van der Waals surface area contributed by atoms with Gasteiger partial charge in [0.2, 0.25) is 0 Å². The molecule has 3 fully saturated rings. The molecular formula is C15H25NO2. The highest BCUT2D eigenvalue weighted by Crippen LogP contribution is 2.38. The maximum atomic E-state index is 11.4. The maximum absolute atomic E-state index is 11.4. The second-order valence-electron chi connectivity index (χ2n) is 6.51. The normalized spacial score (nSPS) is 38.6. The first-order chi connectivity index (χ1) is 8.83. The predicted molar refractivity (Wildman–Crippen MR) is 70.5 cm³/mol. The van der Waals surface area contributed by atoms with Gasteiger partial charge in [0, 0.05) is 19.2 Å². The molecule has 3 aliphatic rings. The van der Waals surface area contributed by atoms with Crippen LogP contribution in [0.3, 0.4) is 0 Å². The quantitative estimate of drug-likeness (QED) is 0.718. The number of nitrogens with zero attached hydrogens (tertiary/aromatic N) is 1. The van der Waals surface area contributed by atoms with Gasteiger partial charge in [0.25, 0.3) is 0 Å². The number of likely N-dealkylation sites (tertiary alicyclic amines) is 1. The third kappa shape index (κ3) is 2.35. The fourth-order valence-corrected chi connectivity index (χ4v) is 4.21. The van der Waals surface area contributed by atoms with Gasteiger partial charge in [-0.3, -0.25) is 4.90 Å². The molecule has 3 heteroatoms. The van der Waals surface area contributed by atoms with Crippen molar-refractivity contribution in [1.29, 1.82) is 0 Å². The van der Waals surface area contributed by atoms with Crippen molar-refractivity contribution in [2.45, 2.75) is 51.0 Å². The predicted octanol–water partition coefficient (Wildman–Crippen LogP) is 2.25. The van der Waals surface area contributed by atoms with Gasteiger partial charge in [-0.25, -0.2) is 0 Å². The molecule has 0 bridgehead atoms. The van der Waals surface area contributed by atoms with Crippen molar-refractivity contribution in [3.05, 3.63) is 0 Å². The largest absolute Gasteiger partial charge is 0.380 e. The number of ether oxygens (including phenoxy) is 1. The van der Waals surface area contributed by atoms with Crippen LogP contribution in [0.4, 0.5) is 0 Å². The van der Waals surface area contributed by atoms with E-state index in [0.717, 1.165) is 31.5 Å². The second kappa shape index (κ2) is 5.30. The van der Waals surface area contributed by atoms with E-state index >= 15 is 0 Å². The van der Waals surface area contributed by atoms with E-state index in [4.69, 9.17) is 4.74 Å². The van der Waals surface area contributed by atoms with Crippen molar-refractivity contribution in [2.24, 2.45) is 11.3 Å². The molecule has 2 heterocycles. The lowest BCUT2D eigenvalue weighted by molar-refractivity contribution is -0.117. The van der Waals surface area contributed by atoms with Crippen LogP contribution in [0.5, 0.6) is 0 Å². The molecule has 0 N–H and O–H groups in total. The molecule has 18 heavy (non-hydrogen) atoms. The molecule has 3 nitrogen and oxygen atoms in total. The Bertz CT molecular complexity index is 293. The molecule has 1 saturated carbocycles. The van der Waals surface area contributed by atoms with Crippen LogP contribution in [-0.4, -0.2) is 43.5 Å². The molecular weight excluding hydrogens is 226 g/mol. The Morgan fingerprint density at radius 3 is 2.72 bits per heavy atom. The van der Waals surface area contributed by atoms with Gasteiger partial charge in [-0.1, -0.05) is 12.8 Å². The summed E-state index contributed by atoms with van der Waals surface area (Å²) in [6.45, 7) is 3.54. The highest BCUT2D eigenvalue weighted by atomic mass is 16.5. The van der Waals surface area contributed by atoms with E-state index in [9.17, 15) is 4.79 Å². The highest BCUT2D eigenvalue weighted by Gasteiger charge is 2.41. The van der Waals surface area contributed by atoms with Gasteiger partial charge in [0.1, 0.15) is 6.29 Å². The van der Waals surface area contributed by atoms with Crippen LogP contribution in [0, 0.1) is 11.3 Å². The number of rotatable bonds is 4. The molecule has 102 valence electrons. The van der Waals surface area contributed by atoms with Crippen molar-refractivity contribution >= 4 is 6.29 Å². The van der Waals surface area contributed by atoms with E-state index in [1.807, 2.05) is 0 Å². The van der Waals surface area contributed by atoms with E-state index in [-0.39, 0.29) is 5.41 Å². The summed E-state index contributed by atoms with van der Waals surface area (Å²) in [5.41, 5.74) is -0.193. The smallest absolute Gasteiger partial charge is 0.129 e. The van der Waals surface area contributed by atoms with Gasteiger partial charge in [-0.2, -0.15) is 0 Å². The van der Waals surface area contributed by atoms with Crippen LogP contribution in [0.2, 0.25) is 0 Å². The minimum atomic E-state index is -0.193. The highest BCUT2D eigenvalue weighted by molar-refractivity contribution is 5.60. The second-order valence-corrected chi connectivity index (χ2v) is 6.51. The summed E-state index contributed by atoms with van der Waals surface area (Å²) < 4.78 is 5.46. The first-order valence-corrected chi connectivity index (χ1v) is 7.61. The topological polar surface area (TPSA) is 29.5 Å². The lowest BCUT2D eigenvalue weighted by Gasteiger charge is -2.34. The Morgan fingerprint density at radius 1 is 1.22 bits per heavy atom. The number of hydrogen-bond acceptors (Lipinski definition) is 3. The zero-order chi connectivity index (χ0) is 12.4. The van der Waals surface area contributed by atoms with Crippen molar-refractivity contribution in [1.82, 2.24) is 4.90 Å². The van der Waals surface area contributed by atoms with Crippen LogP contribution in [0.15, 0.2) is 0 Å². The molecule has 2 saturated heterocycles. The molecule has 0 aromatic heterocycles. The van der Waals surface area contributed by atoms with Gasteiger partial charge < -0.3 is 9.53 Å². The molecule has 1 aliphatic carbocycles. The van der Waals surface area contributed by atoms with Crippen LogP contribution in [0.1, 0.15) is 44.9 Å². The Labute approximate surface area is 110 Å². The average Bonchev–Trinajstić information content (AvgIpc) is 3.10. The summed E-state index contributed by atoms with van der Waals surface area (Å²) in [5, 5.41) is 0. The van der Waals surface area contributed by atoms with Gasteiger partial charge >= 0.3 is 0 Å². The minimum absolute atomic E-state index is 0.193. The molecule has 3 rings (SSSR count). The fourth-order valence-electron chi connectivity index (χ4n) is 4.21. The number of carbonyl (C=O) groups is 1. The Hall–Kier alpha value is -0.410. The SMILES string of the molecule is O=CC1(CN2CCCC2C2CCCC2)CCOC1. The fraction of sp³-hybridized carbons (Fsp3) is 0.933. The zero-order valence-electron chi connectivity index (χ0n) is 11.3. The van der Waals surface area contributed by atoms with Crippen molar-refractivity contribution in [3.8, 4) is 0 Å². The van der Waals surface area contributed by atoms with Gasteiger partial charge in [-0.15, -0.1) is 0 Å². The van der Waals surface area contributed by atoms with E-state index < -0.39 is 0 Å². The van der Waals surface area contributed by atoms with Crippen LogP contribution < -0.4 is 0 Å². The van der Waals surface area contributed by atoms with E-state index in [2.05, 4.69) is 4.90 Å². The number of aldehydes is 1. The molecule has 0 spiro atoms. The van der Waals surface area contributed by atoms with E-state index in [0.29, 0.717) is 6.61 Å². The summed E-state index contributed by atoms with van der Waals surface area (Å²) in [5.74, 6) is 0.901. The first-order valence-electron chi connectivity index (χ1n) is 7.61. The Kier molecular flexibility index (Phi) is 3.71. The molecule has 2 atom stereocenters. The molecule has 0 amide bonds. The summed E-state index contributed by atoms with van der Waals surface area (Å²) >= 11 is 0. The van der Waals surface area contributed by atoms with Crippen molar-refractivity contribution < 1.29 is 9.53 Å². The third-order valence-corrected chi connectivity index (χ3v) is 5.26. The lowest BCUT2D eigenvalue weighted by Crippen LogP contribution is -2.44. The standard InChI is InChI=1S/C15H25NO2/c17-11-15(7-9-18-12-15)10-16-8-3-6-14(16)13-4-1-2-5-13/h11,13-14H,1-10,12H2. The van der Waals surface area contributed by atoms with Gasteiger partial charge in [0.15, 0.2) is 0 Å². The first kappa shape index (κ1) is 12.6. The van der Waals surface area contributed by atoms with Gasteiger partial charge in [0.05, 0.1) is 12.0 Å². The lowest BCUT2D eigenvalue weighted by atomic mass is 9.87. The third-order valence-electron chi connectivity index (χ3n) is 5.26. The Morgan fingerprint density at radius 2 is 2.06 bits per heavy atom. The van der Waals surface area contributed by atoms with Crippen LogP contribution in [0.25, 0.3) is 0 Å². The maximum Gasteiger partial charge on any atom is 0.129 e.